The number of hydrogen-bond donors (Lipinski definition) is 1. The van der Waals surface area contributed by atoms with Gasteiger partial charge in [0.15, 0.2) is 0 Å². The highest BCUT2D eigenvalue weighted by Gasteiger charge is 1.99. The van der Waals surface area contributed by atoms with Gasteiger partial charge in [-0.05, 0) is 12.1 Å². The first-order chi connectivity index (χ1) is 5.33. The van der Waals surface area contributed by atoms with E-state index in [2.05, 4.69) is 0 Å². The zero-order chi connectivity index (χ0) is 8.10. The molecule has 57 valence electrons. The molecule has 0 saturated carbocycles. The van der Waals surface area contributed by atoms with Crippen LogP contribution in [0.1, 0.15) is 0 Å². The molecule has 1 aromatic rings. The van der Waals surface area contributed by atoms with Crippen molar-refractivity contribution in [2.24, 2.45) is 5.73 Å². The molecule has 0 aliphatic rings. The van der Waals surface area contributed by atoms with E-state index < -0.39 is 5.97 Å². The first kappa shape index (κ1) is 7.75. The van der Waals surface area contributed by atoms with E-state index in [1.807, 2.05) is 6.07 Å². The molecule has 0 bridgehead atoms. The predicted molar refractivity (Wildman–Crippen MR) is 40.6 cm³/mol. The first-order valence-corrected chi connectivity index (χ1v) is 3.15. The van der Waals surface area contributed by atoms with E-state index in [1.54, 1.807) is 24.3 Å². The summed E-state index contributed by atoms with van der Waals surface area (Å²) >= 11 is 0. The molecule has 0 aliphatic heterocycles. The van der Waals surface area contributed by atoms with Crippen LogP contribution in [-0.4, -0.2) is 5.97 Å². The molecule has 0 amide bonds. The second-order valence-corrected chi connectivity index (χ2v) is 1.90. The fourth-order valence-corrected chi connectivity index (χ4v) is 0.639. The first-order valence-electron chi connectivity index (χ1n) is 3.15. The fourth-order valence-electron chi connectivity index (χ4n) is 0.639. The molecular formula is C8H8NO2. The van der Waals surface area contributed by atoms with Crippen molar-refractivity contribution in [1.29, 1.82) is 0 Å². The zero-order valence-corrected chi connectivity index (χ0v) is 5.86. The molecule has 0 aromatic heterocycles. The maximum atomic E-state index is 10.6. The molecule has 0 aliphatic carbocycles. The summed E-state index contributed by atoms with van der Waals surface area (Å²) in [5.74, 6) is -0.0459. The molecule has 0 atom stereocenters. The number of rotatable bonds is 2. The van der Waals surface area contributed by atoms with Crippen molar-refractivity contribution in [2.75, 3.05) is 0 Å². The van der Waals surface area contributed by atoms with Crippen LogP contribution in [0.2, 0.25) is 0 Å². The lowest BCUT2D eigenvalue weighted by molar-refractivity contribution is -0.130. The summed E-state index contributed by atoms with van der Waals surface area (Å²) < 4.78 is 4.74. The summed E-state index contributed by atoms with van der Waals surface area (Å²) in [7, 11) is 0. The molecule has 3 heteroatoms. The van der Waals surface area contributed by atoms with Gasteiger partial charge in [-0.2, -0.15) is 0 Å². The number of para-hydroxylation sites is 1. The van der Waals surface area contributed by atoms with Crippen LogP contribution in [0.15, 0.2) is 30.3 Å². The van der Waals surface area contributed by atoms with E-state index in [0.717, 1.165) is 6.54 Å². The molecule has 1 radical (unpaired) electrons. The summed E-state index contributed by atoms with van der Waals surface area (Å²) in [6.45, 7) is 0.882. The van der Waals surface area contributed by atoms with Gasteiger partial charge in [-0.3, -0.25) is 0 Å². The molecule has 1 rings (SSSR count). The molecule has 2 N–H and O–H groups in total. The smallest absolute Gasteiger partial charge is 0.330 e. The van der Waals surface area contributed by atoms with Gasteiger partial charge in [-0.1, -0.05) is 18.2 Å². The Hall–Kier alpha value is -1.35. The topological polar surface area (TPSA) is 52.3 Å². The molecule has 0 heterocycles. The minimum atomic E-state index is -0.545. The number of benzene rings is 1. The average molecular weight is 150 g/mol. The lowest BCUT2D eigenvalue weighted by Gasteiger charge is -1.99. The fraction of sp³-hybridized carbons (Fsp3) is 0. The van der Waals surface area contributed by atoms with E-state index in [0.29, 0.717) is 5.75 Å². The average Bonchev–Trinajstić information content (AvgIpc) is 2.06. The molecule has 0 spiro atoms. The van der Waals surface area contributed by atoms with Gasteiger partial charge in [0.1, 0.15) is 12.3 Å². The Bertz CT molecular complexity index is 233. The van der Waals surface area contributed by atoms with Gasteiger partial charge < -0.3 is 10.5 Å². The highest BCUT2D eigenvalue weighted by molar-refractivity contribution is 5.80. The third kappa shape index (κ3) is 2.39. The largest absolute Gasteiger partial charge is 0.425 e. The monoisotopic (exact) mass is 150 g/mol. The van der Waals surface area contributed by atoms with Gasteiger partial charge in [-0.25, -0.2) is 4.79 Å². The van der Waals surface area contributed by atoms with E-state index >= 15 is 0 Å². The van der Waals surface area contributed by atoms with Crippen molar-refractivity contribution in [3.8, 4) is 5.75 Å². The van der Waals surface area contributed by atoms with Crippen LogP contribution >= 0.6 is 0 Å². The highest BCUT2D eigenvalue weighted by atomic mass is 16.5. The van der Waals surface area contributed by atoms with Crippen LogP contribution in [0.3, 0.4) is 0 Å². The Kier molecular flexibility index (Phi) is 2.63. The van der Waals surface area contributed by atoms with Gasteiger partial charge in [-0.15, -0.1) is 0 Å². The van der Waals surface area contributed by atoms with Gasteiger partial charge >= 0.3 is 5.97 Å². The standard InChI is InChI=1S/C8H8NO2/c9-6-8(10)11-7-4-2-1-3-5-7/h1-6H,9H2. The summed E-state index contributed by atoms with van der Waals surface area (Å²) in [6.07, 6.45) is 0. The molecule has 3 nitrogen and oxygen atoms in total. The van der Waals surface area contributed by atoms with E-state index in [4.69, 9.17) is 10.5 Å². The summed E-state index contributed by atoms with van der Waals surface area (Å²) in [5.41, 5.74) is 4.92. The third-order valence-corrected chi connectivity index (χ3v) is 1.10. The maximum absolute atomic E-state index is 10.6. The molecule has 0 unspecified atom stereocenters. The van der Waals surface area contributed by atoms with Crippen LogP contribution in [0.4, 0.5) is 0 Å². The Morgan fingerprint density at radius 1 is 1.36 bits per heavy atom. The number of hydrogen-bond acceptors (Lipinski definition) is 3. The highest BCUT2D eigenvalue weighted by Crippen LogP contribution is 2.07. The van der Waals surface area contributed by atoms with Crippen LogP contribution < -0.4 is 10.5 Å². The molecule has 0 saturated heterocycles. The SMILES string of the molecule is N[CH]C(=O)Oc1ccccc1. The lowest BCUT2D eigenvalue weighted by atomic mass is 10.3. The zero-order valence-electron chi connectivity index (χ0n) is 5.86. The number of carbonyl (C=O) groups excluding carboxylic acids is 1. The number of nitrogens with two attached hydrogens (primary N) is 1. The predicted octanol–water partition coefficient (Wildman–Crippen LogP) is 0.712. The van der Waals surface area contributed by atoms with Gasteiger partial charge in [0.25, 0.3) is 0 Å². The summed E-state index contributed by atoms with van der Waals surface area (Å²) in [6, 6.07) is 8.75. The Labute approximate surface area is 64.8 Å². The van der Waals surface area contributed by atoms with Crippen molar-refractivity contribution in [3.63, 3.8) is 0 Å². The number of ether oxygens (including phenoxy) is 1. The normalized spacial score (nSPS) is 9.18. The number of carbonyl (C=O) groups is 1. The van der Waals surface area contributed by atoms with Crippen LogP contribution in [-0.2, 0) is 4.79 Å². The number of esters is 1. The minimum absolute atomic E-state index is 0.499. The molecule has 1 aromatic carbocycles. The van der Waals surface area contributed by atoms with Crippen molar-refractivity contribution >= 4 is 5.97 Å². The van der Waals surface area contributed by atoms with Gasteiger partial charge in [0, 0.05) is 0 Å². The Balaban J connectivity index is 2.58. The summed E-state index contributed by atoms with van der Waals surface area (Å²) in [4.78, 5) is 10.6. The summed E-state index contributed by atoms with van der Waals surface area (Å²) in [5, 5.41) is 0. The second-order valence-electron chi connectivity index (χ2n) is 1.90. The van der Waals surface area contributed by atoms with Crippen molar-refractivity contribution < 1.29 is 9.53 Å². The molecule has 0 fully saturated rings. The maximum Gasteiger partial charge on any atom is 0.330 e. The quantitative estimate of drug-likeness (QED) is 0.499. The molecular weight excluding hydrogens is 142 g/mol. The van der Waals surface area contributed by atoms with E-state index in [1.165, 1.54) is 0 Å². The van der Waals surface area contributed by atoms with Gasteiger partial charge in [0.2, 0.25) is 0 Å². The van der Waals surface area contributed by atoms with Crippen LogP contribution in [0.25, 0.3) is 0 Å². The van der Waals surface area contributed by atoms with Gasteiger partial charge in [0.05, 0.1) is 0 Å². The van der Waals surface area contributed by atoms with E-state index in [9.17, 15) is 4.79 Å². The van der Waals surface area contributed by atoms with Crippen molar-refractivity contribution in [3.05, 3.63) is 36.9 Å². The van der Waals surface area contributed by atoms with Crippen molar-refractivity contribution in [1.82, 2.24) is 0 Å². The lowest BCUT2D eigenvalue weighted by Crippen LogP contribution is -2.13. The molecule has 11 heavy (non-hydrogen) atoms. The second kappa shape index (κ2) is 3.73. The Morgan fingerprint density at radius 2 is 2.00 bits per heavy atom. The minimum Gasteiger partial charge on any atom is -0.425 e. The van der Waals surface area contributed by atoms with E-state index in [-0.39, 0.29) is 0 Å². The van der Waals surface area contributed by atoms with Crippen LogP contribution in [0, 0.1) is 6.54 Å². The van der Waals surface area contributed by atoms with Crippen LogP contribution in [0.5, 0.6) is 5.75 Å². The Morgan fingerprint density at radius 3 is 2.55 bits per heavy atom. The van der Waals surface area contributed by atoms with Crippen molar-refractivity contribution in [2.45, 2.75) is 0 Å². The third-order valence-electron chi connectivity index (χ3n) is 1.10.